The van der Waals surface area contributed by atoms with Crippen LogP contribution in [0.15, 0.2) is 72.8 Å². The maximum atomic E-state index is 15.2. The Balaban J connectivity index is 2.43. The quantitative estimate of drug-likeness (QED) is 0.157. The van der Waals surface area contributed by atoms with Gasteiger partial charge in [0.05, 0.1) is 0 Å². The predicted octanol–water partition coefficient (Wildman–Crippen LogP) is 6.39. The number of esters is 2. The van der Waals surface area contributed by atoms with Gasteiger partial charge in [-0.15, -0.1) is 0 Å². The summed E-state index contributed by atoms with van der Waals surface area (Å²) in [6.45, 7) is -0.173. The van der Waals surface area contributed by atoms with E-state index in [2.05, 4.69) is 9.47 Å². The molecule has 0 saturated carbocycles. The number of hydrogen-bond acceptors (Lipinski definition) is 4. The summed E-state index contributed by atoms with van der Waals surface area (Å²) < 4.78 is 120. The topological polar surface area (TPSA) is 52.6 Å². The zero-order chi connectivity index (χ0) is 27.2. The lowest BCUT2D eigenvalue weighted by molar-refractivity contribution is -0.440. The molecule has 0 aliphatic heterocycles. The van der Waals surface area contributed by atoms with Crippen molar-refractivity contribution < 1.29 is 54.2 Å². The van der Waals surface area contributed by atoms with Crippen LogP contribution in [-0.4, -0.2) is 41.9 Å². The second-order valence-electron chi connectivity index (χ2n) is 7.25. The predicted molar refractivity (Wildman–Crippen MR) is 112 cm³/mol. The number of halogens is 8. The van der Waals surface area contributed by atoms with Crippen molar-refractivity contribution in [3.05, 3.63) is 83.9 Å². The third-order valence-corrected chi connectivity index (χ3v) is 4.57. The molecule has 0 spiro atoms. The van der Waals surface area contributed by atoms with Gasteiger partial charge in [0.15, 0.2) is 6.17 Å². The van der Waals surface area contributed by atoms with Gasteiger partial charge in [0.25, 0.3) is 0 Å². The summed E-state index contributed by atoms with van der Waals surface area (Å²) in [5, 5.41) is 0. The summed E-state index contributed by atoms with van der Waals surface area (Å²) in [4.78, 5) is 23.9. The van der Waals surface area contributed by atoms with E-state index in [1.807, 2.05) is 0 Å². The van der Waals surface area contributed by atoms with Gasteiger partial charge in [0.2, 0.25) is 0 Å². The molecule has 12 heteroatoms. The maximum Gasteiger partial charge on any atom is 0.486 e. The average molecular weight is 522 g/mol. The van der Waals surface area contributed by atoms with Gasteiger partial charge in [-0.05, 0) is 30.2 Å². The van der Waals surface area contributed by atoms with E-state index < -0.39 is 41.9 Å². The van der Waals surface area contributed by atoms with Gasteiger partial charge in [0, 0.05) is 12.2 Å². The summed E-state index contributed by atoms with van der Waals surface area (Å²) in [5.41, 5.74) is 0.494. The summed E-state index contributed by atoms with van der Waals surface area (Å²) in [5.74, 6) is -23.9. The normalized spacial score (nSPS) is 15.5. The summed E-state index contributed by atoms with van der Waals surface area (Å²) in [6.07, 6.45) is -1.55. The van der Waals surface area contributed by atoms with Crippen LogP contribution in [0.4, 0.5) is 35.1 Å². The fourth-order valence-electron chi connectivity index (χ4n) is 2.58. The van der Waals surface area contributed by atoms with Crippen molar-refractivity contribution >= 4 is 24.1 Å². The van der Waals surface area contributed by atoms with Crippen LogP contribution in [-0.2, 0) is 19.1 Å². The highest BCUT2D eigenvalue weighted by molar-refractivity contribution is 5.89. The Hall–Kier alpha value is -3.70. The molecule has 2 rings (SSSR count). The minimum atomic E-state index is -6.82. The monoisotopic (exact) mass is 522 g/mol. The maximum absolute atomic E-state index is 15.2. The van der Waals surface area contributed by atoms with Crippen molar-refractivity contribution in [1.82, 2.24) is 0 Å². The van der Waals surface area contributed by atoms with E-state index in [1.165, 1.54) is 48.5 Å². The molecule has 36 heavy (non-hydrogen) atoms. The van der Waals surface area contributed by atoms with Crippen LogP contribution in [0.3, 0.4) is 0 Å². The van der Waals surface area contributed by atoms with Gasteiger partial charge in [0.1, 0.15) is 0 Å². The fraction of sp³-hybridized carbons (Fsp3) is 0.250. The van der Waals surface area contributed by atoms with Crippen molar-refractivity contribution in [3.8, 4) is 0 Å². The van der Waals surface area contributed by atoms with Crippen molar-refractivity contribution in [1.29, 1.82) is 0 Å². The Morgan fingerprint density at radius 1 is 0.694 bits per heavy atom. The average Bonchev–Trinajstić information content (AvgIpc) is 2.82. The molecule has 1 unspecified atom stereocenters. The van der Waals surface area contributed by atoms with Crippen molar-refractivity contribution in [2.45, 2.75) is 36.9 Å². The lowest BCUT2D eigenvalue weighted by Crippen LogP contribution is -2.67. The Bertz CT molecular complexity index is 1040. The van der Waals surface area contributed by atoms with E-state index in [0.717, 1.165) is 12.2 Å². The third-order valence-electron chi connectivity index (χ3n) is 4.57. The van der Waals surface area contributed by atoms with Gasteiger partial charge < -0.3 is 9.47 Å². The van der Waals surface area contributed by atoms with E-state index in [4.69, 9.17) is 0 Å². The SMILES string of the molecule is CC(F)C(F)(F)C(F)(F)C(F)(F)C(F)(OC(=O)C=Cc1ccccc1)OC(=O)C=Cc1ccccc1. The molecule has 1 atom stereocenters. The van der Waals surface area contributed by atoms with E-state index in [0.29, 0.717) is 12.2 Å². The summed E-state index contributed by atoms with van der Waals surface area (Å²) in [6, 6.07) is 8.89. The van der Waals surface area contributed by atoms with Crippen LogP contribution in [0.25, 0.3) is 12.2 Å². The van der Waals surface area contributed by atoms with Crippen LogP contribution in [0.2, 0.25) is 0 Å². The van der Waals surface area contributed by atoms with E-state index >= 15 is 4.39 Å². The lowest BCUT2D eigenvalue weighted by atomic mass is 9.99. The zero-order valence-electron chi connectivity index (χ0n) is 18.3. The second-order valence-corrected chi connectivity index (χ2v) is 7.25. The Morgan fingerprint density at radius 3 is 1.39 bits per heavy atom. The van der Waals surface area contributed by atoms with Gasteiger partial charge in [-0.3, -0.25) is 0 Å². The highest BCUT2D eigenvalue weighted by Gasteiger charge is 2.85. The number of alkyl halides is 8. The number of ether oxygens (including phenoxy) is 2. The first-order valence-electron chi connectivity index (χ1n) is 10.0. The van der Waals surface area contributed by atoms with Crippen LogP contribution in [0.1, 0.15) is 18.1 Å². The molecule has 0 heterocycles. The molecule has 2 aromatic rings. The first-order valence-corrected chi connectivity index (χ1v) is 10.0. The number of carbonyl (C=O) groups is 2. The molecule has 0 amide bonds. The molecule has 194 valence electrons. The van der Waals surface area contributed by atoms with Crippen LogP contribution >= 0.6 is 0 Å². The molecular weight excluding hydrogens is 504 g/mol. The minimum Gasteiger partial charge on any atom is -0.386 e. The summed E-state index contributed by atoms with van der Waals surface area (Å²) in [7, 11) is 0. The van der Waals surface area contributed by atoms with Gasteiger partial charge in [-0.2, -0.15) is 30.7 Å². The van der Waals surface area contributed by atoms with E-state index in [9.17, 15) is 40.3 Å². The third kappa shape index (κ3) is 6.10. The number of benzene rings is 2. The van der Waals surface area contributed by atoms with E-state index in [1.54, 1.807) is 12.1 Å². The largest absolute Gasteiger partial charge is 0.486 e. The van der Waals surface area contributed by atoms with Gasteiger partial charge >= 0.3 is 35.7 Å². The van der Waals surface area contributed by atoms with Crippen molar-refractivity contribution in [2.24, 2.45) is 0 Å². The fourth-order valence-corrected chi connectivity index (χ4v) is 2.58. The zero-order valence-corrected chi connectivity index (χ0v) is 18.3. The van der Waals surface area contributed by atoms with Crippen molar-refractivity contribution in [3.63, 3.8) is 0 Å². The first-order chi connectivity index (χ1) is 16.6. The van der Waals surface area contributed by atoms with Crippen molar-refractivity contribution in [2.75, 3.05) is 0 Å². The molecule has 0 aliphatic rings. The first kappa shape index (κ1) is 28.5. The number of hydrogen-bond donors (Lipinski definition) is 0. The smallest absolute Gasteiger partial charge is 0.386 e. The molecule has 0 radical (unpaired) electrons. The molecular formula is C24H18F8O4. The van der Waals surface area contributed by atoms with Crippen LogP contribution in [0, 0.1) is 0 Å². The molecule has 2 aromatic carbocycles. The molecule has 0 fully saturated rings. The highest BCUT2D eigenvalue weighted by Crippen LogP contribution is 2.54. The molecule has 0 bridgehead atoms. The Labute approximate surface area is 199 Å². The van der Waals surface area contributed by atoms with Crippen LogP contribution in [0.5, 0.6) is 0 Å². The van der Waals surface area contributed by atoms with Gasteiger partial charge in [-0.25, -0.2) is 14.0 Å². The Kier molecular flexibility index (Phi) is 8.66. The van der Waals surface area contributed by atoms with Crippen LogP contribution < -0.4 is 0 Å². The second kappa shape index (κ2) is 10.9. The number of carbonyl (C=O) groups excluding carboxylic acids is 2. The standard InChI is InChI=1S/C24H18F8O4/c1-16(25)21(26,27)22(28,29)23(30,31)24(32,35-19(33)14-12-17-8-4-2-5-9-17)36-20(34)15-13-18-10-6-3-7-11-18/h2-16H,1H3. The van der Waals surface area contributed by atoms with E-state index in [-0.39, 0.29) is 18.1 Å². The molecule has 0 saturated heterocycles. The number of rotatable bonds is 10. The Morgan fingerprint density at radius 2 is 1.06 bits per heavy atom. The highest BCUT2D eigenvalue weighted by atomic mass is 19.4. The lowest BCUT2D eigenvalue weighted by Gasteiger charge is -2.38. The molecule has 0 aliphatic carbocycles. The molecule has 0 aromatic heterocycles. The summed E-state index contributed by atoms with van der Waals surface area (Å²) >= 11 is 0. The molecule has 4 nitrogen and oxygen atoms in total. The van der Waals surface area contributed by atoms with Gasteiger partial charge in [-0.1, -0.05) is 60.7 Å². The molecule has 0 N–H and O–H groups in total. The minimum absolute atomic E-state index is 0.173.